The second kappa shape index (κ2) is 8.54. The Balaban J connectivity index is 1.69. The third kappa shape index (κ3) is 3.75. The second-order valence-electron chi connectivity index (χ2n) is 8.12. The van der Waals surface area contributed by atoms with Crippen molar-refractivity contribution in [3.05, 3.63) is 107 Å². The fourth-order valence-corrected chi connectivity index (χ4v) is 5.14. The normalized spacial score (nSPS) is 17.9. The smallest absolute Gasteiger partial charge is 0.174 e. The van der Waals surface area contributed by atoms with E-state index in [0.717, 1.165) is 28.3 Å². The number of phenols is 1. The summed E-state index contributed by atoms with van der Waals surface area (Å²) in [7, 11) is 0. The standard InChI is InChI=1S/C26H23ClN4OS/c1-16-15-20(17(2)30(16)19-12-10-18(27)11-13-19)25-24(21-7-5-6-14-28-21)29-26(33)31(25)22-8-3-4-9-23(22)32/h3-15,24-25,32H,1-2H3,(H,29,33)/t24-,25-/m1/s1. The molecule has 2 aromatic carbocycles. The van der Waals surface area contributed by atoms with Gasteiger partial charge in [0, 0.05) is 28.3 Å². The number of para-hydroxylation sites is 2. The summed E-state index contributed by atoms with van der Waals surface area (Å²) in [5.41, 5.74) is 5.88. The van der Waals surface area contributed by atoms with E-state index in [0.29, 0.717) is 15.8 Å². The van der Waals surface area contributed by atoms with Gasteiger partial charge in [0.25, 0.3) is 0 Å². The Bertz CT molecular complexity index is 1320. The van der Waals surface area contributed by atoms with Crippen molar-refractivity contribution < 1.29 is 5.11 Å². The number of benzene rings is 2. The van der Waals surface area contributed by atoms with E-state index in [4.69, 9.17) is 23.8 Å². The first-order valence-corrected chi connectivity index (χ1v) is 11.5. The van der Waals surface area contributed by atoms with E-state index >= 15 is 0 Å². The average Bonchev–Trinajstić information content (AvgIpc) is 3.31. The molecule has 0 radical (unpaired) electrons. The minimum absolute atomic E-state index is 0.180. The number of nitrogens with one attached hydrogen (secondary N) is 1. The number of phenolic OH excluding ortho intramolecular Hbond substituents is 1. The molecule has 0 spiro atoms. The van der Waals surface area contributed by atoms with Crippen LogP contribution < -0.4 is 10.2 Å². The lowest BCUT2D eigenvalue weighted by Gasteiger charge is -2.28. The van der Waals surface area contributed by atoms with Crippen LogP contribution in [0.3, 0.4) is 0 Å². The molecule has 2 aromatic heterocycles. The molecule has 5 nitrogen and oxygen atoms in total. The molecular weight excluding hydrogens is 452 g/mol. The molecule has 0 aliphatic carbocycles. The monoisotopic (exact) mass is 474 g/mol. The zero-order valence-corrected chi connectivity index (χ0v) is 19.8. The Morgan fingerprint density at radius 1 is 1.00 bits per heavy atom. The van der Waals surface area contributed by atoms with Crippen molar-refractivity contribution in [1.82, 2.24) is 14.9 Å². The number of halogens is 1. The molecule has 0 saturated carbocycles. The highest BCUT2D eigenvalue weighted by Crippen LogP contribution is 2.45. The number of aryl methyl sites for hydroxylation is 1. The molecule has 166 valence electrons. The van der Waals surface area contributed by atoms with E-state index in [-0.39, 0.29) is 17.8 Å². The molecule has 33 heavy (non-hydrogen) atoms. The highest BCUT2D eigenvalue weighted by molar-refractivity contribution is 7.80. The highest BCUT2D eigenvalue weighted by atomic mass is 35.5. The van der Waals surface area contributed by atoms with Crippen molar-refractivity contribution in [1.29, 1.82) is 0 Å². The van der Waals surface area contributed by atoms with E-state index in [1.165, 1.54) is 0 Å². The summed E-state index contributed by atoms with van der Waals surface area (Å²) in [6.45, 7) is 4.20. The van der Waals surface area contributed by atoms with Crippen molar-refractivity contribution in [3.63, 3.8) is 0 Å². The van der Waals surface area contributed by atoms with Gasteiger partial charge in [-0.1, -0.05) is 29.8 Å². The van der Waals surface area contributed by atoms with Gasteiger partial charge in [0.05, 0.1) is 23.5 Å². The molecule has 1 saturated heterocycles. The molecule has 1 fully saturated rings. The summed E-state index contributed by atoms with van der Waals surface area (Å²) in [6.07, 6.45) is 1.79. The third-order valence-corrected chi connectivity index (χ3v) is 6.68. The van der Waals surface area contributed by atoms with Crippen LogP contribution >= 0.6 is 23.8 Å². The Labute approximate surface area is 203 Å². The molecule has 0 bridgehead atoms. The fraction of sp³-hybridized carbons (Fsp3) is 0.154. The topological polar surface area (TPSA) is 53.3 Å². The van der Waals surface area contributed by atoms with Gasteiger partial charge in [-0.25, -0.2) is 0 Å². The largest absolute Gasteiger partial charge is 0.506 e. The molecule has 0 unspecified atom stereocenters. The number of thiocarbonyl (C=S) groups is 1. The Morgan fingerprint density at radius 2 is 1.73 bits per heavy atom. The van der Waals surface area contributed by atoms with Crippen molar-refractivity contribution in [2.75, 3.05) is 4.90 Å². The van der Waals surface area contributed by atoms with Crippen molar-refractivity contribution in [2.24, 2.45) is 0 Å². The molecule has 7 heteroatoms. The van der Waals surface area contributed by atoms with Gasteiger partial charge in [0.15, 0.2) is 5.11 Å². The van der Waals surface area contributed by atoms with Crippen LogP contribution in [0.2, 0.25) is 5.02 Å². The molecule has 5 rings (SSSR count). The molecule has 1 aliphatic heterocycles. The lowest BCUT2D eigenvalue weighted by molar-refractivity contribution is 0.472. The zero-order valence-electron chi connectivity index (χ0n) is 18.2. The first-order valence-electron chi connectivity index (χ1n) is 10.7. The van der Waals surface area contributed by atoms with Crippen LogP contribution in [-0.2, 0) is 0 Å². The minimum Gasteiger partial charge on any atom is -0.506 e. The first-order chi connectivity index (χ1) is 16.0. The maximum absolute atomic E-state index is 10.7. The van der Waals surface area contributed by atoms with E-state index < -0.39 is 0 Å². The van der Waals surface area contributed by atoms with Crippen LogP contribution in [-0.4, -0.2) is 19.8 Å². The predicted molar refractivity (Wildman–Crippen MR) is 136 cm³/mol. The first kappa shape index (κ1) is 21.5. The molecule has 4 aromatic rings. The van der Waals surface area contributed by atoms with Crippen LogP contribution in [0, 0.1) is 13.8 Å². The van der Waals surface area contributed by atoms with Crippen LogP contribution in [0.5, 0.6) is 5.75 Å². The zero-order chi connectivity index (χ0) is 23.1. The van der Waals surface area contributed by atoms with Crippen molar-refractivity contribution >= 4 is 34.6 Å². The van der Waals surface area contributed by atoms with Gasteiger partial charge in [-0.3, -0.25) is 4.98 Å². The molecule has 1 aliphatic rings. The molecule has 0 amide bonds. The quantitative estimate of drug-likeness (QED) is 0.354. The summed E-state index contributed by atoms with van der Waals surface area (Å²) in [4.78, 5) is 6.61. The summed E-state index contributed by atoms with van der Waals surface area (Å²) in [6, 6.07) is 22.8. The van der Waals surface area contributed by atoms with Crippen molar-refractivity contribution in [3.8, 4) is 11.4 Å². The van der Waals surface area contributed by atoms with Crippen LogP contribution in [0.1, 0.15) is 34.7 Å². The Hall–Kier alpha value is -3.35. The van der Waals surface area contributed by atoms with Gasteiger partial charge in [-0.05, 0) is 86.2 Å². The maximum atomic E-state index is 10.7. The van der Waals surface area contributed by atoms with Crippen LogP contribution in [0.15, 0.2) is 79.0 Å². The van der Waals surface area contributed by atoms with Gasteiger partial charge >= 0.3 is 0 Å². The number of hydrogen-bond acceptors (Lipinski definition) is 3. The van der Waals surface area contributed by atoms with Gasteiger partial charge < -0.3 is 19.9 Å². The second-order valence-corrected chi connectivity index (χ2v) is 8.95. The predicted octanol–water partition coefficient (Wildman–Crippen LogP) is 6.03. The van der Waals surface area contributed by atoms with Gasteiger partial charge in [-0.2, -0.15) is 0 Å². The molecule has 3 heterocycles. The highest BCUT2D eigenvalue weighted by Gasteiger charge is 2.43. The minimum atomic E-state index is -0.201. The summed E-state index contributed by atoms with van der Waals surface area (Å²) >= 11 is 11.9. The van der Waals surface area contributed by atoms with Gasteiger partial charge in [0.1, 0.15) is 5.75 Å². The fourth-order valence-electron chi connectivity index (χ4n) is 4.67. The third-order valence-electron chi connectivity index (χ3n) is 6.11. The van der Waals surface area contributed by atoms with Crippen molar-refractivity contribution in [2.45, 2.75) is 25.9 Å². The van der Waals surface area contributed by atoms with E-state index in [1.807, 2.05) is 65.6 Å². The number of nitrogens with zero attached hydrogens (tertiary/aromatic N) is 3. The van der Waals surface area contributed by atoms with Crippen LogP contribution in [0.4, 0.5) is 5.69 Å². The Kier molecular flexibility index (Phi) is 5.56. The van der Waals surface area contributed by atoms with Gasteiger partial charge in [-0.15, -0.1) is 0 Å². The summed E-state index contributed by atoms with van der Waals surface area (Å²) < 4.78 is 2.21. The maximum Gasteiger partial charge on any atom is 0.174 e. The number of anilines is 1. The number of pyridine rings is 1. The summed E-state index contributed by atoms with van der Waals surface area (Å²) in [5, 5.41) is 15.4. The van der Waals surface area contributed by atoms with Gasteiger partial charge in [0.2, 0.25) is 0 Å². The number of hydrogen-bond donors (Lipinski definition) is 2. The lowest BCUT2D eigenvalue weighted by atomic mass is 9.96. The SMILES string of the molecule is Cc1cc([C@@H]2[C@@H](c3ccccn3)NC(=S)N2c2ccccc2O)c(C)n1-c1ccc(Cl)cc1. The molecule has 2 atom stereocenters. The summed E-state index contributed by atoms with van der Waals surface area (Å²) in [5.74, 6) is 0.180. The Morgan fingerprint density at radius 3 is 2.42 bits per heavy atom. The van der Waals surface area contributed by atoms with Crippen LogP contribution in [0.25, 0.3) is 5.69 Å². The lowest BCUT2D eigenvalue weighted by Crippen LogP contribution is -2.29. The number of aromatic hydroxyl groups is 1. The number of aromatic nitrogens is 2. The van der Waals surface area contributed by atoms with E-state index in [2.05, 4.69) is 34.8 Å². The molecule has 2 N–H and O–H groups in total. The van der Waals surface area contributed by atoms with E-state index in [9.17, 15) is 5.11 Å². The van der Waals surface area contributed by atoms with E-state index in [1.54, 1.807) is 12.3 Å². The number of rotatable bonds is 4. The average molecular weight is 475 g/mol. The molecular formula is C26H23ClN4OS.